The van der Waals surface area contributed by atoms with E-state index in [-0.39, 0.29) is 11.9 Å². The van der Waals surface area contributed by atoms with Crippen molar-refractivity contribution >= 4 is 11.7 Å². The van der Waals surface area contributed by atoms with Crippen molar-refractivity contribution in [3.8, 4) is 0 Å². The molecule has 2 fully saturated rings. The molecule has 3 aliphatic heterocycles. The summed E-state index contributed by atoms with van der Waals surface area (Å²) < 4.78 is 0. The highest BCUT2D eigenvalue weighted by Crippen LogP contribution is 2.37. The van der Waals surface area contributed by atoms with Crippen LogP contribution in [0.2, 0.25) is 0 Å². The zero-order valence-corrected chi connectivity index (χ0v) is 11.4. The van der Waals surface area contributed by atoms with Gasteiger partial charge in [0.2, 0.25) is 0 Å². The maximum Gasteiger partial charge on any atom is 0.257 e. The molecule has 1 aromatic rings. The van der Waals surface area contributed by atoms with Crippen LogP contribution in [0.4, 0.5) is 5.82 Å². The van der Waals surface area contributed by atoms with Crippen LogP contribution in [0.25, 0.3) is 0 Å². The van der Waals surface area contributed by atoms with Gasteiger partial charge in [-0.15, -0.1) is 0 Å². The lowest BCUT2D eigenvalue weighted by Gasteiger charge is -2.43. The number of H-pyrrole nitrogens is 1. The molecule has 4 heterocycles. The van der Waals surface area contributed by atoms with Gasteiger partial charge in [-0.2, -0.15) is 5.10 Å². The molecule has 4 rings (SSSR count). The van der Waals surface area contributed by atoms with Gasteiger partial charge in [-0.05, 0) is 31.8 Å². The van der Waals surface area contributed by atoms with E-state index in [1.54, 1.807) is 0 Å². The molecule has 20 heavy (non-hydrogen) atoms. The highest BCUT2D eigenvalue weighted by Gasteiger charge is 2.40. The monoisotopic (exact) mass is 276 g/mol. The Morgan fingerprint density at radius 2 is 2.00 bits per heavy atom. The van der Waals surface area contributed by atoms with Gasteiger partial charge in [-0.3, -0.25) is 14.8 Å². The minimum absolute atomic E-state index is 0.0592. The van der Waals surface area contributed by atoms with E-state index in [0.29, 0.717) is 23.3 Å². The summed E-state index contributed by atoms with van der Waals surface area (Å²) in [6.07, 6.45) is 2.22. The average molecular weight is 276 g/mol. The number of hydrogen-bond donors (Lipinski definition) is 4. The second-order valence-electron chi connectivity index (χ2n) is 6.03. The summed E-state index contributed by atoms with van der Waals surface area (Å²) in [6.45, 7) is 4.46. The summed E-state index contributed by atoms with van der Waals surface area (Å²) in [6, 6.07) is 0.774. The minimum atomic E-state index is -0.0816. The number of nitrogens with one attached hydrogen (secondary N) is 3. The third-order valence-corrected chi connectivity index (χ3v) is 4.97. The van der Waals surface area contributed by atoms with Gasteiger partial charge in [0.1, 0.15) is 5.56 Å². The molecule has 108 valence electrons. The summed E-state index contributed by atoms with van der Waals surface area (Å²) >= 11 is 0. The standard InChI is InChI=1S/C13H20N6O/c14-12-9-11(17-18-12)10(16-13(9)20)7-1-3-19(4-2-7)8-5-15-6-8/h7-8,10,15H,1-6H2,(H,16,20)(H3,14,17,18). The predicted molar refractivity (Wildman–Crippen MR) is 74.2 cm³/mol. The fraction of sp³-hybridized carbons (Fsp3) is 0.692. The van der Waals surface area contributed by atoms with E-state index in [1.807, 2.05) is 0 Å². The fourth-order valence-corrected chi connectivity index (χ4v) is 3.62. The predicted octanol–water partition coefficient (Wildman–Crippen LogP) is -0.540. The molecule has 7 heteroatoms. The molecule has 3 aliphatic rings. The van der Waals surface area contributed by atoms with E-state index in [0.717, 1.165) is 44.7 Å². The van der Waals surface area contributed by atoms with Crippen molar-refractivity contribution in [2.75, 3.05) is 31.9 Å². The van der Waals surface area contributed by atoms with Gasteiger partial charge in [-0.25, -0.2) is 0 Å². The highest BCUT2D eigenvalue weighted by molar-refractivity contribution is 6.02. The van der Waals surface area contributed by atoms with Crippen molar-refractivity contribution in [3.63, 3.8) is 0 Å². The Balaban J connectivity index is 1.46. The van der Waals surface area contributed by atoms with Gasteiger partial charge in [0, 0.05) is 19.1 Å². The first kappa shape index (κ1) is 12.2. The number of aromatic nitrogens is 2. The Morgan fingerprint density at radius 3 is 2.65 bits per heavy atom. The number of likely N-dealkylation sites (tertiary alicyclic amines) is 1. The summed E-state index contributed by atoms with van der Waals surface area (Å²) in [5.74, 6) is 0.712. The number of piperidine rings is 1. The molecule has 1 aromatic heterocycles. The smallest absolute Gasteiger partial charge is 0.257 e. The van der Waals surface area contributed by atoms with Gasteiger partial charge in [0.15, 0.2) is 5.82 Å². The van der Waals surface area contributed by atoms with Crippen LogP contribution >= 0.6 is 0 Å². The molecule has 7 nitrogen and oxygen atoms in total. The third kappa shape index (κ3) is 1.73. The average Bonchev–Trinajstić information content (AvgIpc) is 2.91. The van der Waals surface area contributed by atoms with Crippen LogP contribution in [0.3, 0.4) is 0 Å². The second kappa shape index (κ2) is 4.46. The molecule has 0 saturated carbocycles. The number of aromatic amines is 1. The van der Waals surface area contributed by atoms with Crippen LogP contribution < -0.4 is 16.4 Å². The number of nitrogens with two attached hydrogens (primary N) is 1. The van der Waals surface area contributed by atoms with Crippen LogP contribution in [-0.4, -0.2) is 53.2 Å². The second-order valence-corrected chi connectivity index (χ2v) is 6.03. The largest absolute Gasteiger partial charge is 0.382 e. The van der Waals surface area contributed by atoms with Crippen LogP contribution in [-0.2, 0) is 0 Å². The number of anilines is 1. The van der Waals surface area contributed by atoms with Crippen molar-refractivity contribution in [2.24, 2.45) is 5.92 Å². The molecule has 0 spiro atoms. The molecule has 1 atom stereocenters. The zero-order valence-electron chi connectivity index (χ0n) is 11.4. The summed E-state index contributed by atoms with van der Waals surface area (Å²) in [7, 11) is 0. The van der Waals surface area contributed by atoms with Gasteiger partial charge in [0.05, 0.1) is 11.7 Å². The number of nitrogens with zero attached hydrogens (tertiary/aromatic N) is 2. The molecular formula is C13H20N6O. The van der Waals surface area contributed by atoms with Crippen molar-refractivity contribution in [1.82, 2.24) is 25.7 Å². The molecule has 0 aliphatic carbocycles. The summed E-state index contributed by atoms with van der Waals surface area (Å²) in [5.41, 5.74) is 7.18. The number of fused-ring (bicyclic) bond motifs is 1. The normalized spacial score (nSPS) is 28.2. The van der Waals surface area contributed by atoms with Crippen LogP contribution in [0.1, 0.15) is 34.9 Å². The van der Waals surface area contributed by atoms with Gasteiger partial charge < -0.3 is 16.4 Å². The highest BCUT2D eigenvalue weighted by atomic mass is 16.2. The third-order valence-electron chi connectivity index (χ3n) is 4.97. The van der Waals surface area contributed by atoms with Crippen molar-refractivity contribution in [1.29, 1.82) is 0 Å². The van der Waals surface area contributed by atoms with Gasteiger partial charge in [-0.1, -0.05) is 0 Å². The molecule has 5 N–H and O–H groups in total. The maximum atomic E-state index is 12.0. The lowest BCUT2D eigenvalue weighted by Crippen LogP contribution is -2.59. The Labute approximate surface area is 117 Å². The number of hydrogen-bond acceptors (Lipinski definition) is 5. The fourth-order valence-electron chi connectivity index (χ4n) is 3.62. The Kier molecular flexibility index (Phi) is 2.71. The van der Waals surface area contributed by atoms with Crippen molar-refractivity contribution in [3.05, 3.63) is 11.3 Å². The summed E-state index contributed by atoms with van der Waals surface area (Å²) in [4.78, 5) is 14.5. The molecule has 0 radical (unpaired) electrons. The van der Waals surface area contributed by atoms with E-state index in [9.17, 15) is 4.79 Å². The van der Waals surface area contributed by atoms with Gasteiger partial charge in [0.25, 0.3) is 5.91 Å². The van der Waals surface area contributed by atoms with Gasteiger partial charge >= 0.3 is 0 Å². The zero-order chi connectivity index (χ0) is 13.7. The molecular weight excluding hydrogens is 256 g/mol. The Bertz CT molecular complexity index is 529. The van der Waals surface area contributed by atoms with E-state index in [4.69, 9.17) is 5.73 Å². The molecule has 0 aromatic carbocycles. The molecule has 1 amide bonds. The number of amides is 1. The quantitative estimate of drug-likeness (QED) is 0.581. The van der Waals surface area contributed by atoms with E-state index in [1.165, 1.54) is 0 Å². The first-order valence-corrected chi connectivity index (χ1v) is 7.33. The topological polar surface area (TPSA) is 99.1 Å². The van der Waals surface area contributed by atoms with E-state index >= 15 is 0 Å². The molecule has 0 bridgehead atoms. The number of nitrogen functional groups attached to an aromatic ring is 1. The first-order chi connectivity index (χ1) is 9.74. The van der Waals surface area contributed by atoms with Crippen LogP contribution in [0.5, 0.6) is 0 Å². The van der Waals surface area contributed by atoms with Crippen LogP contribution in [0, 0.1) is 5.92 Å². The molecule has 1 unspecified atom stereocenters. The number of rotatable bonds is 2. The molecule has 2 saturated heterocycles. The Hall–Kier alpha value is -1.60. The number of carbonyl (C=O) groups is 1. The summed E-state index contributed by atoms with van der Waals surface area (Å²) in [5, 5.41) is 13.3. The maximum absolute atomic E-state index is 12.0. The van der Waals surface area contributed by atoms with Crippen molar-refractivity contribution < 1.29 is 4.79 Å². The lowest BCUT2D eigenvalue weighted by molar-refractivity contribution is 0.0812. The SMILES string of the molecule is Nc1n[nH]c2c1C(=O)NC2C1CCN(C2CNC2)CC1. The van der Waals surface area contributed by atoms with E-state index in [2.05, 4.69) is 25.7 Å². The minimum Gasteiger partial charge on any atom is -0.382 e. The van der Waals surface area contributed by atoms with E-state index < -0.39 is 0 Å². The van der Waals surface area contributed by atoms with Crippen molar-refractivity contribution in [2.45, 2.75) is 24.9 Å². The van der Waals surface area contributed by atoms with Crippen LogP contribution in [0.15, 0.2) is 0 Å². The first-order valence-electron chi connectivity index (χ1n) is 7.33. The number of carbonyl (C=O) groups excluding carboxylic acids is 1. The Morgan fingerprint density at radius 1 is 1.25 bits per heavy atom. The lowest BCUT2D eigenvalue weighted by atomic mass is 9.87.